The maximum atomic E-state index is 13.8. The molecule has 4 heteroatoms. The van der Waals surface area contributed by atoms with Crippen molar-refractivity contribution in [1.29, 1.82) is 0 Å². The minimum Gasteiger partial charge on any atom is -0.207 e. The van der Waals surface area contributed by atoms with E-state index in [1.54, 1.807) is 0 Å². The second-order valence-electron chi connectivity index (χ2n) is 5.40. The van der Waals surface area contributed by atoms with Gasteiger partial charge < -0.3 is 0 Å². The molecule has 0 amide bonds. The largest absolute Gasteiger partial charge is 0.207 e. The Labute approximate surface area is 109 Å². The van der Waals surface area contributed by atoms with Crippen LogP contribution in [0.25, 0.3) is 11.3 Å². The number of rotatable bonds is 1. The summed E-state index contributed by atoms with van der Waals surface area (Å²) >= 11 is 0. The molecule has 2 nitrogen and oxygen atoms in total. The van der Waals surface area contributed by atoms with E-state index in [1.807, 2.05) is 6.07 Å². The average Bonchev–Trinajstić information content (AvgIpc) is 3.00. The average molecular weight is 258 g/mol. The Morgan fingerprint density at radius 3 is 2.68 bits per heavy atom. The van der Waals surface area contributed by atoms with Gasteiger partial charge >= 0.3 is 0 Å². The number of hydrogen-bond acceptors (Lipinski definition) is 2. The first-order valence-corrected chi connectivity index (χ1v) is 6.55. The van der Waals surface area contributed by atoms with Crippen molar-refractivity contribution in [1.82, 2.24) is 10.2 Å². The SMILES string of the molecule is Fc1ccc(-c2cc3c(nn2)C2CCC3C2)c(F)c1. The van der Waals surface area contributed by atoms with E-state index in [2.05, 4.69) is 10.2 Å². The molecule has 2 bridgehead atoms. The molecule has 1 heterocycles. The van der Waals surface area contributed by atoms with Crippen LogP contribution in [0.2, 0.25) is 0 Å². The minimum absolute atomic E-state index is 0.319. The van der Waals surface area contributed by atoms with Gasteiger partial charge in [0.05, 0.1) is 11.4 Å². The lowest BCUT2D eigenvalue weighted by molar-refractivity contribution is 0.585. The van der Waals surface area contributed by atoms with Crippen molar-refractivity contribution in [2.75, 3.05) is 0 Å². The van der Waals surface area contributed by atoms with Gasteiger partial charge in [-0.1, -0.05) is 0 Å². The van der Waals surface area contributed by atoms with Crippen LogP contribution in [0.15, 0.2) is 24.3 Å². The zero-order valence-corrected chi connectivity index (χ0v) is 10.2. The molecule has 1 aromatic heterocycles. The van der Waals surface area contributed by atoms with E-state index in [1.165, 1.54) is 30.5 Å². The van der Waals surface area contributed by atoms with Crippen LogP contribution in [-0.4, -0.2) is 10.2 Å². The lowest BCUT2D eigenvalue weighted by Crippen LogP contribution is -2.04. The Morgan fingerprint density at radius 1 is 1.00 bits per heavy atom. The number of fused-ring (bicyclic) bond motifs is 5. The minimum atomic E-state index is -0.586. The molecule has 2 unspecified atom stereocenters. The van der Waals surface area contributed by atoms with E-state index in [0.29, 0.717) is 23.1 Å². The third-order valence-electron chi connectivity index (χ3n) is 4.32. The van der Waals surface area contributed by atoms with Crippen LogP contribution in [0.5, 0.6) is 0 Å². The number of nitrogens with zero attached hydrogens (tertiary/aromatic N) is 2. The lowest BCUT2D eigenvalue weighted by Gasteiger charge is -2.14. The molecule has 0 radical (unpaired) electrons. The van der Waals surface area contributed by atoms with Gasteiger partial charge in [0.25, 0.3) is 0 Å². The van der Waals surface area contributed by atoms with Crippen LogP contribution in [0.4, 0.5) is 8.78 Å². The molecule has 1 saturated carbocycles. The highest BCUT2D eigenvalue weighted by atomic mass is 19.1. The fourth-order valence-electron chi connectivity index (χ4n) is 3.40. The molecule has 0 spiro atoms. The number of halogens is 2. The molecule has 0 aliphatic heterocycles. The number of benzene rings is 1. The first-order valence-electron chi connectivity index (χ1n) is 6.55. The summed E-state index contributed by atoms with van der Waals surface area (Å²) in [6, 6.07) is 5.49. The highest BCUT2D eigenvalue weighted by Crippen LogP contribution is 2.52. The van der Waals surface area contributed by atoms with Crippen LogP contribution in [0.3, 0.4) is 0 Å². The predicted octanol–water partition coefficient (Wildman–Crippen LogP) is 3.79. The zero-order chi connectivity index (χ0) is 13.0. The molecule has 1 fully saturated rings. The fraction of sp³-hybridized carbons (Fsp3) is 0.333. The van der Waals surface area contributed by atoms with Gasteiger partial charge in [0.1, 0.15) is 11.6 Å². The molecule has 96 valence electrons. The summed E-state index contributed by atoms with van der Waals surface area (Å²) in [6.45, 7) is 0. The molecule has 2 aromatic rings. The molecule has 1 aromatic carbocycles. The van der Waals surface area contributed by atoms with Crippen LogP contribution in [-0.2, 0) is 0 Å². The topological polar surface area (TPSA) is 25.8 Å². The van der Waals surface area contributed by atoms with Gasteiger partial charge in [-0.05, 0) is 48.9 Å². The van der Waals surface area contributed by atoms with Crippen molar-refractivity contribution < 1.29 is 8.78 Å². The van der Waals surface area contributed by atoms with Gasteiger partial charge in [-0.15, -0.1) is 0 Å². The summed E-state index contributed by atoms with van der Waals surface area (Å²) in [5.41, 5.74) is 3.12. The van der Waals surface area contributed by atoms with E-state index < -0.39 is 11.6 Å². The van der Waals surface area contributed by atoms with Crippen molar-refractivity contribution in [3.63, 3.8) is 0 Å². The van der Waals surface area contributed by atoms with Crippen molar-refractivity contribution in [3.05, 3.63) is 47.2 Å². The van der Waals surface area contributed by atoms with Gasteiger partial charge in [0.15, 0.2) is 0 Å². The van der Waals surface area contributed by atoms with Crippen LogP contribution < -0.4 is 0 Å². The molecule has 2 aliphatic carbocycles. The van der Waals surface area contributed by atoms with Gasteiger partial charge in [-0.2, -0.15) is 10.2 Å². The van der Waals surface area contributed by atoms with Crippen LogP contribution in [0, 0.1) is 11.6 Å². The Hall–Kier alpha value is -1.84. The van der Waals surface area contributed by atoms with E-state index in [-0.39, 0.29) is 0 Å². The maximum absolute atomic E-state index is 13.8. The third kappa shape index (κ3) is 1.59. The molecule has 19 heavy (non-hydrogen) atoms. The van der Waals surface area contributed by atoms with E-state index in [9.17, 15) is 8.78 Å². The molecule has 2 atom stereocenters. The summed E-state index contributed by atoms with van der Waals surface area (Å²) in [7, 11) is 0. The molecular weight excluding hydrogens is 246 g/mol. The second-order valence-corrected chi connectivity index (χ2v) is 5.40. The summed E-state index contributed by atoms with van der Waals surface area (Å²) in [5, 5.41) is 8.39. The molecule has 4 rings (SSSR count). The normalized spacial score (nSPS) is 23.7. The highest BCUT2D eigenvalue weighted by Gasteiger charge is 2.38. The predicted molar refractivity (Wildman–Crippen MR) is 66.7 cm³/mol. The maximum Gasteiger partial charge on any atom is 0.135 e. The summed E-state index contributed by atoms with van der Waals surface area (Å²) in [4.78, 5) is 0. The molecular formula is C15H12F2N2. The first-order chi connectivity index (χ1) is 9.22. The summed E-state index contributed by atoms with van der Waals surface area (Å²) < 4.78 is 26.7. The van der Waals surface area contributed by atoms with Crippen molar-refractivity contribution in [2.24, 2.45) is 0 Å². The highest BCUT2D eigenvalue weighted by molar-refractivity contribution is 5.61. The van der Waals surface area contributed by atoms with Gasteiger partial charge in [-0.25, -0.2) is 8.78 Å². The Balaban J connectivity index is 1.83. The first kappa shape index (κ1) is 11.0. The quantitative estimate of drug-likeness (QED) is 0.777. The summed E-state index contributed by atoms with van der Waals surface area (Å²) in [6.07, 6.45) is 3.53. The third-order valence-corrected chi connectivity index (χ3v) is 4.32. The Kier molecular flexibility index (Phi) is 2.22. The van der Waals surface area contributed by atoms with Gasteiger partial charge in [-0.3, -0.25) is 0 Å². The molecule has 2 aliphatic rings. The number of hydrogen-bond donors (Lipinski definition) is 0. The van der Waals surface area contributed by atoms with Gasteiger partial charge in [0, 0.05) is 17.5 Å². The fourth-order valence-corrected chi connectivity index (χ4v) is 3.40. The van der Waals surface area contributed by atoms with Crippen molar-refractivity contribution in [3.8, 4) is 11.3 Å². The standard InChI is InChI=1S/C15H12F2N2/c16-10-3-4-11(13(17)6-10)14-7-12-8-1-2-9(5-8)15(12)19-18-14/h3-4,6-9H,1-2,5H2. The molecule has 0 saturated heterocycles. The van der Waals surface area contributed by atoms with Gasteiger partial charge in [0.2, 0.25) is 0 Å². The van der Waals surface area contributed by atoms with Crippen LogP contribution in [0.1, 0.15) is 42.4 Å². The monoisotopic (exact) mass is 258 g/mol. The lowest BCUT2D eigenvalue weighted by atomic mass is 9.95. The van der Waals surface area contributed by atoms with Crippen molar-refractivity contribution in [2.45, 2.75) is 31.1 Å². The summed E-state index contributed by atoms with van der Waals surface area (Å²) in [5.74, 6) is -0.0655. The zero-order valence-electron chi connectivity index (χ0n) is 10.2. The Bertz CT molecular complexity index is 669. The molecule has 0 N–H and O–H groups in total. The number of aromatic nitrogens is 2. The second kappa shape index (κ2) is 3.83. The van der Waals surface area contributed by atoms with Crippen LogP contribution >= 0.6 is 0 Å². The van der Waals surface area contributed by atoms with Crippen molar-refractivity contribution >= 4 is 0 Å². The van der Waals surface area contributed by atoms with E-state index in [4.69, 9.17) is 0 Å². The van der Waals surface area contributed by atoms with E-state index in [0.717, 1.165) is 18.2 Å². The smallest absolute Gasteiger partial charge is 0.135 e. The Morgan fingerprint density at radius 2 is 1.84 bits per heavy atom. The van der Waals surface area contributed by atoms with E-state index >= 15 is 0 Å².